The number of carbonyl (C=O) groups is 1. The number of carbonyl (C=O) groups excluding carboxylic acids is 1. The second-order valence-electron chi connectivity index (χ2n) is 7.20. The highest BCUT2D eigenvalue weighted by atomic mass is 16.3. The van der Waals surface area contributed by atoms with Crippen molar-refractivity contribution in [3.63, 3.8) is 0 Å². The van der Waals surface area contributed by atoms with Crippen molar-refractivity contribution < 1.29 is 9.21 Å². The molecule has 3 aromatic rings. The van der Waals surface area contributed by atoms with Gasteiger partial charge in [-0.2, -0.15) is 5.10 Å². The molecule has 0 spiro atoms. The van der Waals surface area contributed by atoms with Gasteiger partial charge in [0, 0.05) is 18.5 Å². The summed E-state index contributed by atoms with van der Waals surface area (Å²) in [5, 5.41) is 8.64. The average Bonchev–Trinajstić information content (AvgIpc) is 3.23. The van der Waals surface area contributed by atoms with Gasteiger partial charge in [-0.15, -0.1) is 0 Å². The third-order valence-electron chi connectivity index (χ3n) is 5.22. The number of hydrogen-bond acceptors (Lipinski definition) is 5. The number of piperidine rings is 1. The van der Waals surface area contributed by atoms with Crippen molar-refractivity contribution in [3.05, 3.63) is 65.0 Å². The number of amides is 1. The molecule has 7 heteroatoms. The molecule has 1 aliphatic rings. The minimum Gasteiger partial charge on any atom is -0.468 e. The number of benzene rings is 1. The molecule has 146 valence electrons. The number of nitrogens with one attached hydrogen (secondary N) is 1. The van der Waals surface area contributed by atoms with Gasteiger partial charge < -0.3 is 9.73 Å². The zero-order valence-corrected chi connectivity index (χ0v) is 15.7. The monoisotopic (exact) mass is 380 g/mol. The molecule has 7 nitrogen and oxygen atoms in total. The lowest BCUT2D eigenvalue weighted by molar-refractivity contribution is -0.126. The van der Waals surface area contributed by atoms with Crippen LogP contribution in [-0.2, 0) is 17.9 Å². The van der Waals surface area contributed by atoms with E-state index in [1.54, 1.807) is 18.5 Å². The molecule has 4 rings (SSSR count). The highest BCUT2D eigenvalue weighted by Gasteiger charge is 2.26. The van der Waals surface area contributed by atoms with Gasteiger partial charge in [-0.1, -0.05) is 18.2 Å². The van der Waals surface area contributed by atoms with Crippen LogP contribution in [-0.4, -0.2) is 40.2 Å². The topological polar surface area (TPSA) is 80.4 Å². The summed E-state index contributed by atoms with van der Waals surface area (Å²) >= 11 is 0. The van der Waals surface area contributed by atoms with E-state index in [1.165, 1.54) is 4.68 Å². The Balaban J connectivity index is 1.30. The van der Waals surface area contributed by atoms with Gasteiger partial charge in [0.25, 0.3) is 5.56 Å². The van der Waals surface area contributed by atoms with Crippen molar-refractivity contribution >= 4 is 16.7 Å². The lowest BCUT2D eigenvalue weighted by Crippen LogP contribution is -2.43. The van der Waals surface area contributed by atoms with Gasteiger partial charge in [0.15, 0.2) is 0 Å². The van der Waals surface area contributed by atoms with Crippen molar-refractivity contribution in [1.29, 1.82) is 0 Å². The lowest BCUT2D eigenvalue weighted by atomic mass is 9.97. The van der Waals surface area contributed by atoms with Crippen LogP contribution in [0.1, 0.15) is 18.6 Å². The average molecular weight is 380 g/mol. The SMILES string of the molecule is O=C(NCCn1ncc2ccccc2c1=O)[C@H]1CCCN(Cc2ccco2)C1. The Morgan fingerprint density at radius 1 is 1.25 bits per heavy atom. The van der Waals surface area contributed by atoms with E-state index < -0.39 is 0 Å². The van der Waals surface area contributed by atoms with Crippen LogP contribution >= 0.6 is 0 Å². The first-order valence-corrected chi connectivity index (χ1v) is 9.68. The van der Waals surface area contributed by atoms with Crippen molar-refractivity contribution in [2.45, 2.75) is 25.9 Å². The van der Waals surface area contributed by atoms with Gasteiger partial charge in [-0.3, -0.25) is 14.5 Å². The summed E-state index contributed by atoms with van der Waals surface area (Å²) in [6.45, 7) is 3.17. The molecular formula is C21H24N4O3. The Morgan fingerprint density at radius 2 is 2.14 bits per heavy atom. The van der Waals surface area contributed by atoms with Crippen LogP contribution in [0.25, 0.3) is 10.8 Å². The number of aromatic nitrogens is 2. The van der Waals surface area contributed by atoms with Crippen LogP contribution in [0.2, 0.25) is 0 Å². The maximum Gasteiger partial charge on any atom is 0.274 e. The summed E-state index contributed by atoms with van der Waals surface area (Å²) in [4.78, 5) is 27.3. The molecule has 1 atom stereocenters. The summed E-state index contributed by atoms with van der Waals surface area (Å²) in [6, 6.07) is 11.2. The molecule has 28 heavy (non-hydrogen) atoms. The van der Waals surface area contributed by atoms with E-state index in [0.29, 0.717) is 18.5 Å². The van der Waals surface area contributed by atoms with Gasteiger partial charge in [-0.05, 0) is 37.6 Å². The Kier molecular flexibility index (Phi) is 5.53. The van der Waals surface area contributed by atoms with E-state index in [9.17, 15) is 9.59 Å². The van der Waals surface area contributed by atoms with E-state index in [0.717, 1.165) is 43.6 Å². The number of likely N-dealkylation sites (tertiary alicyclic amines) is 1. The standard InChI is InChI=1S/C21H24N4O3/c26-20(17-6-3-10-24(14-17)15-18-7-4-12-28-18)22-9-11-25-21(27)19-8-2-1-5-16(19)13-23-25/h1-2,4-5,7-8,12-13,17H,3,6,9-11,14-15H2,(H,22,26)/t17-/m0/s1. The van der Waals surface area contributed by atoms with Gasteiger partial charge in [0.2, 0.25) is 5.91 Å². The van der Waals surface area contributed by atoms with Gasteiger partial charge in [0.1, 0.15) is 5.76 Å². The van der Waals surface area contributed by atoms with E-state index in [4.69, 9.17) is 4.42 Å². The molecule has 1 aromatic carbocycles. The van der Waals surface area contributed by atoms with Crippen LogP contribution in [0.5, 0.6) is 0 Å². The number of furan rings is 1. The number of nitrogens with zero attached hydrogens (tertiary/aromatic N) is 3. The molecule has 1 saturated heterocycles. The summed E-state index contributed by atoms with van der Waals surface area (Å²) in [5.74, 6) is 0.922. The Morgan fingerprint density at radius 3 is 3.00 bits per heavy atom. The smallest absolute Gasteiger partial charge is 0.274 e. The summed E-state index contributed by atoms with van der Waals surface area (Å²) in [5.41, 5.74) is -0.130. The maximum atomic E-state index is 12.6. The van der Waals surface area contributed by atoms with Gasteiger partial charge >= 0.3 is 0 Å². The van der Waals surface area contributed by atoms with Crippen LogP contribution in [0.4, 0.5) is 0 Å². The molecular weight excluding hydrogens is 356 g/mol. The Labute approximate surface area is 162 Å². The van der Waals surface area contributed by atoms with Crippen molar-refractivity contribution in [3.8, 4) is 0 Å². The highest BCUT2D eigenvalue weighted by Crippen LogP contribution is 2.19. The zero-order valence-electron chi connectivity index (χ0n) is 15.7. The molecule has 0 bridgehead atoms. The fourth-order valence-electron chi connectivity index (χ4n) is 3.75. The predicted molar refractivity (Wildman–Crippen MR) is 106 cm³/mol. The normalized spacial score (nSPS) is 17.6. The molecule has 0 aliphatic carbocycles. The van der Waals surface area contributed by atoms with Crippen molar-refractivity contribution in [2.24, 2.45) is 5.92 Å². The molecule has 0 radical (unpaired) electrons. The maximum absolute atomic E-state index is 12.6. The highest BCUT2D eigenvalue weighted by molar-refractivity contribution is 5.80. The van der Waals surface area contributed by atoms with Crippen LogP contribution in [0.15, 0.2) is 58.1 Å². The molecule has 2 aromatic heterocycles. The zero-order chi connectivity index (χ0) is 19.3. The first kappa shape index (κ1) is 18.4. The van der Waals surface area contributed by atoms with Crippen molar-refractivity contribution in [2.75, 3.05) is 19.6 Å². The second kappa shape index (κ2) is 8.39. The van der Waals surface area contributed by atoms with E-state index in [1.807, 2.05) is 30.3 Å². The van der Waals surface area contributed by atoms with Gasteiger partial charge in [0.05, 0.1) is 36.9 Å². The molecule has 0 unspecified atom stereocenters. The fraction of sp³-hybridized carbons (Fsp3) is 0.381. The lowest BCUT2D eigenvalue weighted by Gasteiger charge is -2.31. The van der Waals surface area contributed by atoms with E-state index >= 15 is 0 Å². The molecule has 0 saturated carbocycles. The first-order chi connectivity index (χ1) is 13.7. The van der Waals surface area contributed by atoms with Gasteiger partial charge in [-0.25, -0.2) is 4.68 Å². The minimum atomic E-state index is -0.130. The summed E-state index contributed by atoms with van der Waals surface area (Å²) in [7, 11) is 0. The van der Waals surface area contributed by atoms with Crippen LogP contribution in [0.3, 0.4) is 0 Å². The molecule has 1 fully saturated rings. The van der Waals surface area contributed by atoms with Crippen LogP contribution in [0, 0.1) is 5.92 Å². The number of rotatable bonds is 6. The molecule has 1 aliphatic heterocycles. The van der Waals surface area contributed by atoms with Crippen LogP contribution < -0.4 is 10.9 Å². The predicted octanol–water partition coefficient (Wildman–Crippen LogP) is 2.02. The molecule has 3 heterocycles. The third kappa shape index (κ3) is 4.14. The largest absolute Gasteiger partial charge is 0.468 e. The molecule has 1 N–H and O–H groups in total. The summed E-state index contributed by atoms with van der Waals surface area (Å²) in [6.07, 6.45) is 5.23. The number of hydrogen-bond donors (Lipinski definition) is 1. The number of fused-ring (bicyclic) bond motifs is 1. The molecule has 1 amide bonds. The Bertz CT molecular complexity index is 996. The fourth-order valence-corrected chi connectivity index (χ4v) is 3.75. The third-order valence-corrected chi connectivity index (χ3v) is 5.22. The summed E-state index contributed by atoms with van der Waals surface area (Å²) < 4.78 is 6.82. The Hall–Kier alpha value is -2.93. The second-order valence-corrected chi connectivity index (χ2v) is 7.20. The quantitative estimate of drug-likeness (QED) is 0.708. The minimum absolute atomic E-state index is 0.0370. The van der Waals surface area contributed by atoms with E-state index in [-0.39, 0.29) is 17.4 Å². The van der Waals surface area contributed by atoms with E-state index in [2.05, 4.69) is 15.3 Å². The first-order valence-electron chi connectivity index (χ1n) is 9.68. The van der Waals surface area contributed by atoms with Crippen molar-refractivity contribution in [1.82, 2.24) is 20.0 Å².